The highest BCUT2D eigenvalue weighted by Gasteiger charge is 2.12. The van der Waals surface area contributed by atoms with Gasteiger partial charge in [0.25, 0.3) is 0 Å². The molecule has 0 aromatic heterocycles. The van der Waals surface area contributed by atoms with Crippen molar-refractivity contribution in [1.29, 1.82) is 0 Å². The Kier molecular flexibility index (Phi) is 5.05. The van der Waals surface area contributed by atoms with E-state index in [1.54, 1.807) is 0 Å². The molecule has 0 spiro atoms. The van der Waals surface area contributed by atoms with Crippen molar-refractivity contribution in [3.05, 3.63) is 0 Å². The summed E-state index contributed by atoms with van der Waals surface area (Å²) in [5, 5.41) is 2.64. The van der Waals surface area contributed by atoms with Crippen molar-refractivity contribution in [3.63, 3.8) is 0 Å². The van der Waals surface area contributed by atoms with Gasteiger partial charge in [-0.15, -0.1) is 6.42 Å². The standard InChI is InChI=1S/C10H16N2O2/c1-2-4-11-10(13)9-12-5-3-7-14-8-6-12/h1H,3-9H2,(H,11,13). The smallest absolute Gasteiger partial charge is 0.234 e. The molecule has 14 heavy (non-hydrogen) atoms. The fourth-order valence-electron chi connectivity index (χ4n) is 1.36. The summed E-state index contributed by atoms with van der Waals surface area (Å²) in [6, 6.07) is 0. The zero-order chi connectivity index (χ0) is 10.2. The largest absolute Gasteiger partial charge is 0.380 e. The third-order valence-corrected chi connectivity index (χ3v) is 2.07. The van der Waals surface area contributed by atoms with Crippen LogP contribution in [-0.2, 0) is 9.53 Å². The Morgan fingerprint density at radius 1 is 1.50 bits per heavy atom. The van der Waals surface area contributed by atoms with Gasteiger partial charge in [0.05, 0.1) is 19.7 Å². The lowest BCUT2D eigenvalue weighted by Gasteiger charge is -2.17. The van der Waals surface area contributed by atoms with Gasteiger partial charge in [0.2, 0.25) is 5.91 Å². The molecule has 4 heteroatoms. The van der Waals surface area contributed by atoms with E-state index in [0.29, 0.717) is 19.7 Å². The summed E-state index contributed by atoms with van der Waals surface area (Å²) in [5.41, 5.74) is 0. The number of ether oxygens (including phenoxy) is 1. The van der Waals surface area contributed by atoms with Gasteiger partial charge in [-0.25, -0.2) is 0 Å². The average Bonchev–Trinajstić information content (AvgIpc) is 2.43. The predicted molar refractivity (Wildman–Crippen MR) is 53.7 cm³/mol. The molecule has 1 aliphatic rings. The molecule has 0 saturated carbocycles. The molecule has 0 unspecified atom stereocenters. The van der Waals surface area contributed by atoms with Crippen molar-refractivity contribution in [2.45, 2.75) is 6.42 Å². The highest BCUT2D eigenvalue weighted by Crippen LogP contribution is 1.97. The molecule has 1 N–H and O–H groups in total. The number of hydrogen-bond acceptors (Lipinski definition) is 3. The zero-order valence-corrected chi connectivity index (χ0v) is 8.29. The summed E-state index contributed by atoms with van der Waals surface area (Å²) in [4.78, 5) is 13.4. The minimum absolute atomic E-state index is 0.00940. The first-order chi connectivity index (χ1) is 6.83. The van der Waals surface area contributed by atoms with Gasteiger partial charge >= 0.3 is 0 Å². The molecule has 1 fully saturated rings. The van der Waals surface area contributed by atoms with Crippen LogP contribution in [0.5, 0.6) is 0 Å². The lowest BCUT2D eigenvalue weighted by molar-refractivity contribution is -0.122. The molecule has 1 heterocycles. The van der Waals surface area contributed by atoms with Gasteiger partial charge < -0.3 is 10.1 Å². The second-order valence-electron chi connectivity index (χ2n) is 3.22. The first-order valence-corrected chi connectivity index (χ1v) is 4.83. The van der Waals surface area contributed by atoms with Crippen LogP contribution in [0.1, 0.15) is 6.42 Å². The van der Waals surface area contributed by atoms with Crippen LogP contribution in [0.2, 0.25) is 0 Å². The van der Waals surface area contributed by atoms with Crippen molar-refractivity contribution in [2.24, 2.45) is 0 Å². The molecule has 4 nitrogen and oxygen atoms in total. The molecular weight excluding hydrogens is 180 g/mol. The lowest BCUT2D eigenvalue weighted by Crippen LogP contribution is -2.38. The van der Waals surface area contributed by atoms with Gasteiger partial charge in [0, 0.05) is 19.7 Å². The minimum atomic E-state index is -0.00940. The molecule has 0 bridgehead atoms. The van der Waals surface area contributed by atoms with E-state index in [2.05, 4.69) is 16.1 Å². The summed E-state index contributed by atoms with van der Waals surface area (Å²) in [7, 11) is 0. The van der Waals surface area contributed by atoms with Gasteiger partial charge in [-0.2, -0.15) is 0 Å². The summed E-state index contributed by atoms with van der Waals surface area (Å²) in [5.74, 6) is 2.36. The normalized spacial score (nSPS) is 18.2. The topological polar surface area (TPSA) is 41.6 Å². The van der Waals surface area contributed by atoms with Gasteiger partial charge in [-0.1, -0.05) is 5.92 Å². The molecule has 0 atom stereocenters. The zero-order valence-electron chi connectivity index (χ0n) is 8.29. The van der Waals surface area contributed by atoms with Crippen molar-refractivity contribution < 1.29 is 9.53 Å². The Labute approximate surface area is 84.6 Å². The maximum atomic E-state index is 11.3. The Balaban J connectivity index is 2.21. The summed E-state index contributed by atoms with van der Waals surface area (Å²) in [6.07, 6.45) is 6.03. The second kappa shape index (κ2) is 6.41. The van der Waals surface area contributed by atoms with Gasteiger partial charge in [-0.05, 0) is 6.42 Å². The van der Waals surface area contributed by atoms with Crippen molar-refractivity contribution in [1.82, 2.24) is 10.2 Å². The van der Waals surface area contributed by atoms with Crippen LogP contribution in [-0.4, -0.2) is 50.2 Å². The lowest BCUT2D eigenvalue weighted by atomic mass is 10.4. The van der Waals surface area contributed by atoms with Crippen molar-refractivity contribution >= 4 is 5.91 Å². The number of hydrogen-bond donors (Lipinski definition) is 1. The van der Waals surface area contributed by atoms with E-state index in [1.807, 2.05) is 0 Å². The van der Waals surface area contributed by atoms with E-state index in [4.69, 9.17) is 11.2 Å². The third-order valence-electron chi connectivity index (χ3n) is 2.07. The van der Waals surface area contributed by atoms with Crippen LogP contribution in [0.15, 0.2) is 0 Å². The van der Waals surface area contributed by atoms with E-state index in [0.717, 1.165) is 26.1 Å². The van der Waals surface area contributed by atoms with Crippen LogP contribution in [0.25, 0.3) is 0 Å². The Hall–Kier alpha value is -1.05. The first kappa shape index (κ1) is 11.0. The van der Waals surface area contributed by atoms with Crippen molar-refractivity contribution in [3.8, 4) is 12.3 Å². The third kappa shape index (κ3) is 4.26. The summed E-state index contributed by atoms with van der Waals surface area (Å²) >= 11 is 0. The monoisotopic (exact) mass is 196 g/mol. The Morgan fingerprint density at radius 2 is 2.36 bits per heavy atom. The number of nitrogens with one attached hydrogen (secondary N) is 1. The highest BCUT2D eigenvalue weighted by molar-refractivity contribution is 5.78. The van der Waals surface area contributed by atoms with E-state index in [9.17, 15) is 4.79 Å². The predicted octanol–water partition coefficient (Wildman–Crippen LogP) is -0.542. The number of carbonyl (C=O) groups is 1. The van der Waals surface area contributed by atoms with E-state index < -0.39 is 0 Å². The number of rotatable bonds is 3. The highest BCUT2D eigenvalue weighted by atomic mass is 16.5. The van der Waals surface area contributed by atoms with E-state index in [-0.39, 0.29) is 5.91 Å². The summed E-state index contributed by atoms with van der Waals surface area (Å²) in [6.45, 7) is 3.98. The fourth-order valence-corrected chi connectivity index (χ4v) is 1.36. The van der Waals surface area contributed by atoms with Crippen LogP contribution in [0.3, 0.4) is 0 Å². The number of amides is 1. The average molecular weight is 196 g/mol. The van der Waals surface area contributed by atoms with Crippen LogP contribution in [0, 0.1) is 12.3 Å². The Morgan fingerprint density at radius 3 is 3.14 bits per heavy atom. The van der Waals surface area contributed by atoms with Crippen LogP contribution in [0.4, 0.5) is 0 Å². The van der Waals surface area contributed by atoms with Crippen LogP contribution < -0.4 is 5.32 Å². The molecular formula is C10H16N2O2. The number of terminal acetylenes is 1. The molecule has 0 radical (unpaired) electrons. The molecule has 1 rings (SSSR count). The van der Waals surface area contributed by atoms with E-state index in [1.165, 1.54) is 0 Å². The van der Waals surface area contributed by atoms with Crippen molar-refractivity contribution in [2.75, 3.05) is 39.4 Å². The second-order valence-corrected chi connectivity index (χ2v) is 3.22. The fraction of sp³-hybridized carbons (Fsp3) is 0.700. The maximum absolute atomic E-state index is 11.3. The molecule has 0 aromatic carbocycles. The molecule has 1 amide bonds. The molecule has 78 valence electrons. The van der Waals surface area contributed by atoms with Gasteiger partial charge in [-0.3, -0.25) is 9.69 Å². The maximum Gasteiger partial charge on any atom is 0.234 e. The first-order valence-electron chi connectivity index (χ1n) is 4.83. The van der Waals surface area contributed by atoms with E-state index >= 15 is 0 Å². The molecule has 1 aliphatic heterocycles. The number of nitrogens with zero attached hydrogens (tertiary/aromatic N) is 1. The van der Waals surface area contributed by atoms with Crippen LogP contribution >= 0.6 is 0 Å². The quantitative estimate of drug-likeness (QED) is 0.616. The molecule has 0 aliphatic carbocycles. The molecule has 0 aromatic rings. The Bertz CT molecular complexity index is 215. The SMILES string of the molecule is C#CCNC(=O)CN1CCCOCC1. The molecule has 1 saturated heterocycles. The minimum Gasteiger partial charge on any atom is -0.380 e. The number of carbonyl (C=O) groups excluding carboxylic acids is 1. The van der Waals surface area contributed by atoms with Gasteiger partial charge in [0.1, 0.15) is 0 Å². The summed E-state index contributed by atoms with van der Waals surface area (Å²) < 4.78 is 5.28. The van der Waals surface area contributed by atoms with Gasteiger partial charge in [0.15, 0.2) is 0 Å².